The van der Waals surface area contributed by atoms with Gasteiger partial charge in [0.05, 0.1) is 10.6 Å². The van der Waals surface area contributed by atoms with Gasteiger partial charge in [0.2, 0.25) is 20.0 Å². The molecule has 1 aliphatic heterocycles. The van der Waals surface area contributed by atoms with E-state index in [1.165, 1.54) is 8.61 Å². The molecule has 1 heterocycles. The average Bonchev–Trinajstić information content (AvgIpc) is 2.78. The zero-order valence-electron chi connectivity index (χ0n) is 18.1. The Hall–Kier alpha value is -1.78. The summed E-state index contributed by atoms with van der Waals surface area (Å²) < 4.78 is 55.2. The lowest BCUT2D eigenvalue weighted by molar-refractivity contribution is 0.354. The first kappa shape index (κ1) is 23.9. The minimum atomic E-state index is -3.84. The van der Waals surface area contributed by atoms with Crippen molar-refractivity contribution in [2.24, 2.45) is 0 Å². The molecule has 9 heteroatoms. The van der Waals surface area contributed by atoms with Crippen LogP contribution in [-0.4, -0.2) is 70.5 Å². The molecular weight excluding hydrogens is 434 g/mol. The van der Waals surface area contributed by atoms with E-state index in [0.717, 1.165) is 11.1 Å². The van der Waals surface area contributed by atoms with Crippen molar-refractivity contribution in [2.75, 3.05) is 45.0 Å². The molecule has 0 spiro atoms. The number of nitrogens with one attached hydrogen (secondary N) is 1. The first-order chi connectivity index (χ1) is 14.7. The van der Waals surface area contributed by atoms with Crippen LogP contribution in [0.3, 0.4) is 0 Å². The van der Waals surface area contributed by atoms with Crippen molar-refractivity contribution in [1.29, 1.82) is 0 Å². The van der Waals surface area contributed by atoms with Gasteiger partial charge in [-0.05, 0) is 30.5 Å². The number of hydrogen-bond acceptors (Lipinski definition) is 5. The second-order valence-electron chi connectivity index (χ2n) is 7.95. The highest BCUT2D eigenvalue weighted by atomic mass is 32.2. The van der Waals surface area contributed by atoms with Crippen LogP contribution in [-0.2, 0) is 20.0 Å². The molecule has 7 nitrogen and oxygen atoms in total. The zero-order valence-corrected chi connectivity index (χ0v) is 19.7. The summed E-state index contributed by atoms with van der Waals surface area (Å²) in [5.74, 6) is -0.317. The van der Waals surface area contributed by atoms with Gasteiger partial charge in [0.15, 0.2) is 0 Å². The summed E-state index contributed by atoms with van der Waals surface area (Å²) in [5, 5.41) is 3.13. The van der Waals surface area contributed by atoms with E-state index in [1.54, 1.807) is 24.3 Å². The SMILES string of the molecule is Cc1ccc(S(=O)(=O)N(CCS(=O)(=O)N2CCNCC2)C[C@@H](C)c2ccccc2)cc1. The number of sulfonamides is 2. The maximum Gasteiger partial charge on any atom is 0.243 e. The Labute approximate surface area is 186 Å². The van der Waals surface area contributed by atoms with Gasteiger partial charge >= 0.3 is 0 Å². The fourth-order valence-corrected chi connectivity index (χ4v) is 6.72. The van der Waals surface area contributed by atoms with Crippen molar-refractivity contribution >= 4 is 20.0 Å². The predicted octanol–water partition coefficient (Wildman–Crippen LogP) is 2.02. The van der Waals surface area contributed by atoms with Crippen molar-refractivity contribution in [2.45, 2.75) is 24.7 Å². The van der Waals surface area contributed by atoms with Crippen molar-refractivity contribution < 1.29 is 16.8 Å². The van der Waals surface area contributed by atoms with Crippen LogP contribution in [0.25, 0.3) is 0 Å². The third kappa shape index (κ3) is 6.14. The number of rotatable bonds is 9. The molecule has 0 bridgehead atoms. The molecule has 1 atom stereocenters. The normalized spacial score (nSPS) is 17.0. The van der Waals surface area contributed by atoms with Crippen LogP contribution >= 0.6 is 0 Å². The van der Waals surface area contributed by atoms with E-state index in [4.69, 9.17) is 0 Å². The molecule has 1 fully saturated rings. The van der Waals surface area contributed by atoms with Crippen LogP contribution in [0.1, 0.15) is 24.0 Å². The lowest BCUT2D eigenvalue weighted by Crippen LogP contribution is -2.48. The quantitative estimate of drug-likeness (QED) is 0.612. The number of piperazine rings is 1. The van der Waals surface area contributed by atoms with Gasteiger partial charge in [-0.3, -0.25) is 0 Å². The number of hydrogen-bond donors (Lipinski definition) is 1. The molecule has 1 saturated heterocycles. The molecule has 2 aromatic rings. The second-order valence-corrected chi connectivity index (χ2v) is 12.0. The maximum atomic E-state index is 13.4. The van der Waals surface area contributed by atoms with Crippen LogP contribution in [0.4, 0.5) is 0 Å². The Bertz CT molecular complexity index is 1050. The topological polar surface area (TPSA) is 86.8 Å². The number of aryl methyl sites for hydroxylation is 1. The molecular formula is C22H31N3O4S2. The molecule has 0 amide bonds. The molecule has 1 N–H and O–H groups in total. The van der Waals surface area contributed by atoms with Gasteiger partial charge in [-0.2, -0.15) is 8.61 Å². The van der Waals surface area contributed by atoms with Crippen molar-refractivity contribution in [1.82, 2.24) is 13.9 Å². The van der Waals surface area contributed by atoms with E-state index in [1.807, 2.05) is 44.2 Å². The van der Waals surface area contributed by atoms with Gasteiger partial charge in [-0.25, -0.2) is 16.8 Å². The van der Waals surface area contributed by atoms with E-state index in [0.29, 0.717) is 26.2 Å². The molecule has 1 aliphatic rings. The molecule has 3 rings (SSSR count). The summed E-state index contributed by atoms with van der Waals surface area (Å²) in [6.45, 7) is 6.01. The van der Waals surface area contributed by atoms with Gasteiger partial charge in [0.25, 0.3) is 0 Å². The van der Waals surface area contributed by atoms with Gasteiger partial charge in [-0.1, -0.05) is 55.0 Å². The predicted molar refractivity (Wildman–Crippen MR) is 123 cm³/mol. The summed E-state index contributed by atoms with van der Waals surface area (Å²) in [6, 6.07) is 16.3. The molecule has 0 unspecified atom stereocenters. The smallest absolute Gasteiger partial charge is 0.243 e. The number of nitrogens with zero attached hydrogens (tertiary/aromatic N) is 2. The monoisotopic (exact) mass is 465 g/mol. The van der Waals surface area contributed by atoms with Crippen LogP contribution in [0.5, 0.6) is 0 Å². The molecule has 0 aliphatic carbocycles. The molecule has 0 saturated carbocycles. The summed E-state index contributed by atoms with van der Waals surface area (Å²) >= 11 is 0. The summed E-state index contributed by atoms with van der Waals surface area (Å²) in [5.41, 5.74) is 1.97. The Balaban J connectivity index is 1.83. The molecule has 170 valence electrons. The Morgan fingerprint density at radius 1 is 0.968 bits per heavy atom. The van der Waals surface area contributed by atoms with Crippen molar-refractivity contribution in [3.63, 3.8) is 0 Å². The molecule has 2 aromatic carbocycles. The van der Waals surface area contributed by atoms with Crippen LogP contribution in [0.2, 0.25) is 0 Å². The Kier molecular flexibility index (Phi) is 7.87. The van der Waals surface area contributed by atoms with E-state index in [2.05, 4.69) is 5.32 Å². The highest BCUT2D eigenvalue weighted by molar-refractivity contribution is 7.90. The first-order valence-corrected chi connectivity index (χ1v) is 13.6. The van der Waals surface area contributed by atoms with Crippen LogP contribution < -0.4 is 5.32 Å². The highest BCUT2D eigenvalue weighted by Crippen LogP contribution is 2.22. The number of benzene rings is 2. The van der Waals surface area contributed by atoms with E-state index >= 15 is 0 Å². The first-order valence-electron chi connectivity index (χ1n) is 10.5. The van der Waals surface area contributed by atoms with Crippen molar-refractivity contribution in [3.8, 4) is 0 Å². The van der Waals surface area contributed by atoms with E-state index in [-0.39, 0.29) is 29.7 Å². The fraction of sp³-hybridized carbons (Fsp3) is 0.455. The van der Waals surface area contributed by atoms with Crippen molar-refractivity contribution in [3.05, 3.63) is 65.7 Å². The minimum Gasteiger partial charge on any atom is -0.314 e. The summed E-state index contributed by atoms with van der Waals surface area (Å²) in [6.07, 6.45) is 0. The van der Waals surface area contributed by atoms with Gasteiger partial charge in [0.1, 0.15) is 0 Å². The average molecular weight is 466 g/mol. The van der Waals surface area contributed by atoms with Gasteiger partial charge < -0.3 is 5.32 Å². The summed E-state index contributed by atoms with van der Waals surface area (Å²) in [4.78, 5) is 0.179. The standard InChI is InChI=1S/C22H31N3O4S2/c1-19-8-10-22(11-9-19)31(28,29)25(18-20(2)21-6-4-3-5-7-21)16-17-30(26,27)24-14-12-23-13-15-24/h3-11,20,23H,12-18H2,1-2H3/t20-/m1/s1. The van der Waals surface area contributed by atoms with Crippen LogP contribution in [0, 0.1) is 6.92 Å². The lowest BCUT2D eigenvalue weighted by atomic mass is 10.0. The fourth-order valence-electron chi connectivity index (χ4n) is 3.63. The zero-order chi connectivity index (χ0) is 22.5. The molecule has 0 aromatic heterocycles. The largest absolute Gasteiger partial charge is 0.314 e. The second kappa shape index (κ2) is 10.2. The lowest BCUT2D eigenvalue weighted by Gasteiger charge is -2.29. The van der Waals surface area contributed by atoms with E-state index in [9.17, 15) is 16.8 Å². The third-order valence-electron chi connectivity index (χ3n) is 5.57. The maximum absolute atomic E-state index is 13.4. The van der Waals surface area contributed by atoms with E-state index < -0.39 is 20.0 Å². The van der Waals surface area contributed by atoms with Gasteiger partial charge in [0, 0.05) is 39.3 Å². The Morgan fingerprint density at radius 3 is 2.19 bits per heavy atom. The van der Waals surface area contributed by atoms with Gasteiger partial charge in [-0.15, -0.1) is 0 Å². The molecule has 31 heavy (non-hydrogen) atoms. The minimum absolute atomic E-state index is 0.0803. The summed E-state index contributed by atoms with van der Waals surface area (Å²) in [7, 11) is -7.38. The Morgan fingerprint density at radius 2 is 1.58 bits per heavy atom. The van der Waals surface area contributed by atoms with Crippen LogP contribution in [0.15, 0.2) is 59.5 Å². The highest BCUT2D eigenvalue weighted by Gasteiger charge is 2.30. The molecule has 0 radical (unpaired) electrons. The third-order valence-corrected chi connectivity index (χ3v) is 9.30.